The van der Waals surface area contributed by atoms with Gasteiger partial charge in [0, 0.05) is 12.3 Å². The molecule has 0 spiro atoms. The van der Waals surface area contributed by atoms with E-state index in [1.165, 1.54) is 0 Å². The topological polar surface area (TPSA) is 168 Å². The lowest BCUT2D eigenvalue weighted by atomic mass is 10.00. The summed E-state index contributed by atoms with van der Waals surface area (Å²) in [6, 6.07) is 0.810. The van der Waals surface area contributed by atoms with Crippen LogP contribution in [-0.2, 0) is 10.6 Å². The van der Waals surface area contributed by atoms with Crippen LogP contribution in [0.25, 0.3) is 0 Å². The van der Waals surface area contributed by atoms with Gasteiger partial charge in [-0.25, -0.2) is 13.8 Å². The number of aliphatic hydroxyl groups excluding tert-OH is 2. The zero-order valence-electron chi connectivity index (χ0n) is 16.1. The van der Waals surface area contributed by atoms with E-state index in [9.17, 15) is 39.6 Å². The molecule has 0 aromatic carbocycles. The van der Waals surface area contributed by atoms with E-state index < -0.39 is 48.0 Å². The predicted octanol–water partition coefficient (Wildman–Crippen LogP) is -1.07. The number of aromatic nitrogens is 2. The third-order valence-electron chi connectivity index (χ3n) is 5.05. The van der Waals surface area contributed by atoms with Gasteiger partial charge in [-0.2, -0.15) is 0 Å². The molecular formula is C17H28FN3O8. The van der Waals surface area contributed by atoms with E-state index in [1.807, 2.05) is 11.9 Å². The van der Waals surface area contributed by atoms with Gasteiger partial charge < -0.3 is 30.4 Å². The maximum Gasteiger partial charge on any atom is 0.332 e. The molecule has 11 nitrogen and oxygen atoms in total. The number of nitrogens with one attached hydrogen (secondary N) is 1. The van der Waals surface area contributed by atoms with Crippen LogP contribution in [-0.4, -0.2) is 71.1 Å². The Bertz CT molecular complexity index is 788. The fourth-order valence-corrected chi connectivity index (χ4v) is 3.38. The summed E-state index contributed by atoms with van der Waals surface area (Å²) in [6.07, 6.45) is -1.79. The van der Waals surface area contributed by atoms with Crippen LogP contribution in [0.1, 0.15) is 45.4 Å². The van der Waals surface area contributed by atoms with Gasteiger partial charge in [0.05, 0.1) is 6.61 Å². The minimum Gasteiger partial charge on any atom is -0.394 e. The highest BCUT2D eigenvalue weighted by Gasteiger charge is 2.71. The number of hydroxylamine groups is 2. The van der Waals surface area contributed by atoms with Crippen LogP contribution in [0, 0.1) is 0 Å². The number of hydrogen-bond acceptors (Lipinski definition) is 9. The van der Waals surface area contributed by atoms with Crippen LogP contribution >= 0.6 is 0 Å². The molecule has 1 aromatic heterocycles. The van der Waals surface area contributed by atoms with Gasteiger partial charge >= 0.3 is 11.6 Å². The maximum atomic E-state index is 14.7. The van der Waals surface area contributed by atoms with Gasteiger partial charge in [0.25, 0.3) is 5.56 Å². The van der Waals surface area contributed by atoms with Crippen molar-refractivity contribution in [1.82, 2.24) is 14.6 Å². The third kappa shape index (κ3) is 4.28. The number of aliphatic hydroxyl groups is 4. The summed E-state index contributed by atoms with van der Waals surface area (Å²) in [5, 5.41) is 51.6. The van der Waals surface area contributed by atoms with E-state index >= 15 is 0 Å². The molecule has 1 fully saturated rings. The van der Waals surface area contributed by atoms with Crippen molar-refractivity contribution in [2.45, 2.75) is 75.6 Å². The first-order chi connectivity index (χ1) is 13.6. The Morgan fingerprint density at radius 1 is 1.31 bits per heavy atom. The van der Waals surface area contributed by atoms with Crippen molar-refractivity contribution >= 4 is 0 Å². The zero-order chi connectivity index (χ0) is 21.8. The fraction of sp³-hybridized carbons (Fsp3) is 0.765. The highest BCUT2D eigenvalue weighted by molar-refractivity contribution is 5.05. The van der Waals surface area contributed by atoms with Crippen LogP contribution in [0.2, 0.25) is 0 Å². The van der Waals surface area contributed by atoms with Crippen LogP contribution < -0.4 is 11.2 Å². The molecule has 0 saturated carbocycles. The van der Waals surface area contributed by atoms with Crippen molar-refractivity contribution in [3.8, 4) is 0 Å². The Balaban J connectivity index is 2.35. The number of unbranched alkanes of at least 4 members (excludes halogenated alkanes) is 4. The van der Waals surface area contributed by atoms with Gasteiger partial charge in [0.2, 0.25) is 5.72 Å². The monoisotopic (exact) mass is 421 g/mol. The van der Waals surface area contributed by atoms with Crippen LogP contribution in [0.3, 0.4) is 0 Å². The minimum absolute atomic E-state index is 0.240. The smallest absolute Gasteiger partial charge is 0.332 e. The van der Waals surface area contributed by atoms with Crippen molar-refractivity contribution in [3.63, 3.8) is 0 Å². The first-order valence-corrected chi connectivity index (χ1v) is 9.49. The molecule has 29 heavy (non-hydrogen) atoms. The second-order valence-electron chi connectivity index (χ2n) is 7.08. The molecule has 1 saturated heterocycles. The zero-order valence-corrected chi connectivity index (χ0v) is 16.1. The summed E-state index contributed by atoms with van der Waals surface area (Å²) in [5.41, 5.74) is -5.36. The van der Waals surface area contributed by atoms with E-state index in [4.69, 9.17) is 4.74 Å². The Hall–Kier alpha value is -1.67. The largest absolute Gasteiger partial charge is 0.394 e. The molecule has 0 bridgehead atoms. The quantitative estimate of drug-likeness (QED) is 0.119. The number of nitrogens with zero attached hydrogens (tertiary/aromatic N) is 2. The van der Waals surface area contributed by atoms with Crippen molar-refractivity contribution < 1.29 is 34.8 Å². The normalized spacial score (nSPS) is 30.8. The number of rotatable bonds is 10. The van der Waals surface area contributed by atoms with Crippen molar-refractivity contribution in [3.05, 3.63) is 33.1 Å². The number of ether oxygens (including phenoxy) is 1. The number of alkyl halides is 1. The van der Waals surface area contributed by atoms with Gasteiger partial charge in [-0.05, 0) is 12.8 Å². The molecule has 1 aliphatic heterocycles. The van der Waals surface area contributed by atoms with Crippen LogP contribution in [0.5, 0.6) is 0 Å². The molecule has 0 radical (unpaired) electrons. The highest BCUT2D eigenvalue weighted by Crippen LogP contribution is 2.44. The average Bonchev–Trinajstić information content (AvgIpc) is 2.89. The first-order valence-electron chi connectivity index (χ1n) is 9.49. The van der Waals surface area contributed by atoms with Crippen LogP contribution in [0.4, 0.5) is 4.39 Å². The Kier molecular flexibility index (Phi) is 7.67. The molecule has 5 atom stereocenters. The molecule has 166 valence electrons. The summed E-state index contributed by atoms with van der Waals surface area (Å²) in [5.74, 6) is -3.22. The lowest BCUT2D eigenvalue weighted by molar-refractivity contribution is -0.428. The summed E-state index contributed by atoms with van der Waals surface area (Å²) >= 11 is 0. The second kappa shape index (κ2) is 9.43. The predicted molar refractivity (Wildman–Crippen MR) is 96.3 cm³/mol. The Morgan fingerprint density at radius 3 is 2.55 bits per heavy atom. The molecular weight excluding hydrogens is 393 g/mol. The number of hydrogen-bond donors (Lipinski definition) is 6. The number of aromatic amines is 1. The van der Waals surface area contributed by atoms with Crippen molar-refractivity contribution in [2.75, 3.05) is 6.61 Å². The minimum atomic E-state index is -3.27. The molecule has 0 amide bonds. The van der Waals surface area contributed by atoms with Gasteiger partial charge in [-0.15, -0.1) is 5.06 Å². The Morgan fingerprint density at radius 2 is 1.97 bits per heavy atom. The summed E-state index contributed by atoms with van der Waals surface area (Å²) < 4.78 is 20.0. The standard InChI is InChI=1S/C17H28FN3O8/c1-2-3-4-5-6-7-12(18)21(28)16(26)14(24)11(10-22)29-17(16,27)20-9-8-13(23)19-15(20)25/h8-9,11-12,14,22,24,26-28H,2-7,10H2,1H3,(H,19,23,25)/t11-,12?,14-,16-,17-/m1/s1. The van der Waals surface area contributed by atoms with E-state index in [1.54, 1.807) is 0 Å². The molecule has 1 aliphatic rings. The lowest BCUT2D eigenvalue weighted by Crippen LogP contribution is -2.69. The second-order valence-corrected chi connectivity index (χ2v) is 7.08. The SMILES string of the molecule is CCCCCCCC(F)N(O)[C@@]1(O)[C@H](O)[C@@H](CO)O[C@@]1(O)n1ccc(=O)[nH]c1=O. The molecule has 12 heteroatoms. The van der Waals surface area contributed by atoms with Gasteiger partial charge in [-0.1, -0.05) is 32.6 Å². The van der Waals surface area contributed by atoms with E-state index in [0.717, 1.165) is 31.5 Å². The van der Waals surface area contributed by atoms with Gasteiger partial charge in [0.15, 0.2) is 6.30 Å². The number of halogens is 1. The number of H-pyrrole nitrogens is 1. The summed E-state index contributed by atoms with van der Waals surface area (Å²) in [4.78, 5) is 25.2. The lowest BCUT2D eigenvalue weighted by Gasteiger charge is -2.43. The molecule has 6 N–H and O–H groups in total. The van der Waals surface area contributed by atoms with Crippen LogP contribution in [0.15, 0.2) is 21.9 Å². The van der Waals surface area contributed by atoms with Gasteiger partial charge in [-0.3, -0.25) is 9.78 Å². The third-order valence-corrected chi connectivity index (χ3v) is 5.05. The first kappa shape index (κ1) is 23.6. The molecule has 2 heterocycles. The fourth-order valence-electron chi connectivity index (χ4n) is 3.38. The van der Waals surface area contributed by atoms with E-state index in [0.29, 0.717) is 12.8 Å². The molecule has 1 unspecified atom stereocenters. The van der Waals surface area contributed by atoms with Crippen molar-refractivity contribution in [1.29, 1.82) is 0 Å². The molecule has 0 aliphatic carbocycles. The molecule has 2 rings (SSSR count). The molecule has 1 aromatic rings. The Labute approximate surface area is 165 Å². The van der Waals surface area contributed by atoms with E-state index in [2.05, 4.69) is 0 Å². The average molecular weight is 421 g/mol. The van der Waals surface area contributed by atoms with Gasteiger partial charge in [0.1, 0.15) is 12.2 Å². The van der Waals surface area contributed by atoms with Crippen molar-refractivity contribution in [2.24, 2.45) is 0 Å². The van der Waals surface area contributed by atoms with E-state index in [-0.39, 0.29) is 16.1 Å². The highest BCUT2D eigenvalue weighted by atomic mass is 19.1. The maximum absolute atomic E-state index is 14.7. The summed E-state index contributed by atoms with van der Waals surface area (Å²) in [7, 11) is 0. The summed E-state index contributed by atoms with van der Waals surface area (Å²) in [6.45, 7) is 1.09.